The summed E-state index contributed by atoms with van der Waals surface area (Å²) >= 11 is 0. The van der Waals surface area contributed by atoms with Gasteiger partial charge in [0.2, 0.25) is 0 Å². The fourth-order valence-electron chi connectivity index (χ4n) is 2.63. The topological polar surface area (TPSA) is 48.6 Å². The van der Waals surface area contributed by atoms with Crippen LogP contribution >= 0.6 is 0 Å². The molecule has 0 atom stereocenters. The molecule has 0 fully saturated rings. The van der Waals surface area contributed by atoms with E-state index in [-0.39, 0.29) is 0 Å². The highest BCUT2D eigenvalue weighted by molar-refractivity contribution is 5.55. The third kappa shape index (κ3) is 4.26. The lowest BCUT2D eigenvalue weighted by Gasteiger charge is -2.07. The van der Waals surface area contributed by atoms with E-state index in [2.05, 4.69) is 22.1 Å². The Hall–Kier alpha value is -3.08. The van der Waals surface area contributed by atoms with E-state index in [1.54, 1.807) is 14.2 Å². The maximum Gasteiger partial charge on any atom is 0.175 e. The summed E-state index contributed by atoms with van der Waals surface area (Å²) in [6.07, 6.45) is 3.96. The number of rotatable bonds is 7. The number of aliphatic imine (C=N–C) groups is 1. The molecule has 0 bridgehead atoms. The van der Waals surface area contributed by atoms with Crippen LogP contribution in [0.2, 0.25) is 0 Å². The summed E-state index contributed by atoms with van der Waals surface area (Å²) in [7, 11) is 3.25. The predicted octanol–water partition coefficient (Wildman–Crippen LogP) is 3.84. The predicted molar refractivity (Wildman–Crippen MR) is 98.7 cm³/mol. The molecule has 25 heavy (non-hydrogen) atoms. The molecule has 0 saturated heterocycles. The van der Waals surface area contributed by atoms with Crippen molar-refractivity contribution in [3.05, 3.63) is 77.7 Å². The largest absolute Gasteiger partial charge is 0.497 e. The Labute approximate surface area is 147 Å². The monoisotopic (exact) mass is 335 g/mol. The van der Waals surface area contributed by atoms with Gasteiger partial charge in [-0.25, -0.2) is 9.98 Å². The molecule has 0 N–H and O–H groups in total. The van der Waals surface area contributed by atoms with Crippen LogP contribution < -0.4 is 4.74 Å². The van der Waals surface area contributed by atoms with Crippen LogP contribution in [0.15, 0.2) is 65.9 Å². The molecule has 0 unspecified atom stereocenters. The molecule has 3 rings (SSSR count). The molecule has 0 saturated carbocycles. The van der Waals surface area contributed by atoms with Gasteiger partial charge in [-0.1, -0.05) is 42.5 Å². The lowest BCUT2D eigenvalue weighted by atomic mass is 10.1. The van der Waals surface area contributed by atoms with Crippen LogP contribution in [0.3, 0.4) is 0 Å². The van der Waals surface area contributed by atoms with Crippen molar-refractivity contribution >= 4 is 12.2 Å². The summed E-state index contributed by atoms with van der Waals surface area (Å²) in [5.41, 5.74) is 3.26. The first-order chi connectivity index (χ1) is 12.3. The van der Waals surface area contributed by atoms with E-state index in [1.165, 1.54) is 12.0 Å². The molecule has 1 heterocycles. The minimum absolute atomic E-state index is 0.697. The number of hydrogen-bond acceptors (Lipinski definition) is 4. The molecule has 0 spiro atoms. The first-order valence-electron chi connectivity index (χ1n) is 8.06. The van der Waals surface area contributed by atoms with Crippen LogP contribution in [-0.2, 0) is 17.7 Å². The molecule has 128 valence electrons. The number of aromatic nitrogens is 2. The highest BCUT2D eigenvalue weighted by Gasteiger charge is 2.11. The van der Waals surface area contributed by atoms with Crippen molar-refractivity contribution < 1.29 is 9.47 Å². The second-order valence-corrected chi connectivity index (χ2v) is 5.62. The summed E-state index contributed by atoms with van der Waals surface area (Å²) < 4.78 is 12.2. The molecular formula is C20H21N3O2. The highest BCUT2D eigenvalue weighted by atomic mass is 16.5. The lowest BCUT2D eigenvalue weighted by Crippen LogP contribution is -1.98. The summed E-state index contributed by atoms with van der Waals surface area (Å²) in [5, 5.41) is 0. The molecule has 0 aliphatic rings. The quantitative estimate of drug-likeness (QED) is 0.487. The minimum Gasteiger partial charge on any atom is -0.497 e. The van der Waals surface area contributed by atoms with Crippen molar-refractivity contribution in [3.8, 4) is 5.75 Å². The zero-order valence-corrected chi connectivity index (χ0v) is 14.4. The molecule has 5 nitrogen and oxygen atoms in total. The minimum atomic E-state index is 0.697. The second-order valence-electron chi connectivity index (χ2n) is 5.62. The zero-order chi connectivity index (χ0) is 17.5. The molecule has 1 aromatic heterocycles. The SMILES string of the molecule is CO/C=N\c1c(Cc2ccc(OC)cc2)ncn1Cc1ccccc1. The smallest absolute Gasteiger partial charge is 0.175 e. The maximum absolute atomic E-state index is 5.21. The van der Waals surface area contributed by atoms with Gasteiger partial charge in [0.1, 0.15) is 5.75 Å². The van der Waals surface area contributed by atoms with Crippen LogP contribution in [0.5, 0.6) is 5.75 Å². The van der Waals surface area contributed by atoms with Crippen molar-refractivity contribution in [2.45, 2.75) is 13.0 Å². The molecule has 0 aliphatic heterocycles. The highest BCUT2D eigenvalue weighted by Crippen LogP contribution is 2.23. The number of imidazole rings is 1. The Kier molecular flexibility index (Phi) is 5.46. The van der Waals surface area contributed by atoms with Crippen LogP contribution in [0, 0.1) is 0 Å². The van der Waals surface area contributed by atoms with E-state index in [4.69, 9.17) is 9.47 Å². The summed E-state index contributed by atoms with van der Waals surface area (Å²) in [4.78, 5) is 9.00. The molecule has 0 radical (unpaired) electrons. The molecule has 0 amide bonds. The van der Waals surface area contributed by atoms with Gasteiger partial charge in [0.25, 0.3) is 0 Å². The Morgan fingerprint density at radius 1 is 1.00 bits per heavy atom. The fraction of sp³-hybridized carbons (Fsp3) is 0.200. The number of ether oxygens (including phenoxy) is 2. The van der Waals surface area contributed by atoms with Gasteiger partial charge in [0.15, 0.2) is 12.2 Å². The molecule has 5 heteroatoms. The Morgan fingerprint density at radius 2 is 1.76 bits per heavy atom. The van der Waals surface area contributed by atoms with E-state index in [0.717, 1.165) is 22.8 Å². The van der Waals surface area contributed by atoms with Crippen molar-refractivity contribution in [2.24, 2.45) is 4.99 Å². The van der Waals surface area contributed by atoms with Crippen LogP contribution in [-0.4, -0.2) is 30.2 Å². The normalized spacial score (nSPS) is 11.0. The van der Waals surface area contributed by atoms with Crippen molar-refractivity contribution in [3.63, 3.8) is 0 Å². The number of hydrogen-bond donors (Lipinski definition) is 0. The Morgan fingerprint density at radius 3 is 2.44 bits per heavy atom. The van der Waals surface area contributed by atoms with Crippen LogP contribution in [0.25, 0.3) is 0 Å². The summed E-state index contributed by atoms with van der Waals surface area (Å²) in [6, 6.07) is 18.2. The zero-order valence-electron chi connectivity index (χ0n) is 14.4. The van der Waals surface area contributed by atoms with E-state index >= 15 is 0 Å². The van der Waals surface area contributed by atoms with Crippen LogP contribution in [0.4, 0.5) is 5.82 Å². The number of methoxy groups -OCH3 is 2. The standard InChI is InChI=1S/C20H21N3O2/c1-24-15-22-20-19(12-16-8-10-18(25-2)11-9-16)21-14-23(20)13-17-6-4-3-5-7-17/h3-11,14-15H,12-13H2,1-2H3/b22-15-. The summed E-state index contributed by atoms with van der Waals surface area (Å²) in [6.45, 7) is 0.715. The molecule has 3 aromatic rings. The van der Waals surface area contributed by atoms with Crippen molar-refractivity contribution in [1.29, 1.82) is 0 Å². The average Bonchev–Trinajstić information content (AvgIpc) is 3.02. The fourth-order valence-corrected chi connectivity index (χ4v) is 2.63. The van der Waals surface area contributed by atoms with E-state index in [1.807, 2.05) is 53.4 Å². The molecule has 0 aliphatic carbocycles. The van der Waals surface area contributed by atoms with Gasteiger partial charge >= 0.3 is 0 Å². The molecule has 2 aromatic carbocycles. The van der Waals surface area contributed by atoms with E-state index < -0.39 is 0 Å². The van der Waals surface area contributed by atoms with Gasteiger partial charge in [-0.3, -0.25) is 0 Å². The average molecular weight is 335 g/mol. The number of benzene rings is 2. The Bertz CT molecular complexity index is 824. The third-order valence-corrected chi connectivity index (χ3v) is 3.89. The number of nitrogens with zero attached hydrogens (tertiary/aromatic N) is 3. The van der Waals surface area contributed by atoms with E-state index in [9.17, 15) is 0 Å². The first-order valence-corrected chi connectivity index (χ1v) is 8.06. The van der Waals surface area contributed by atoms with Gasteiger partial charge in [-0.15, -0.1) is 0 Å². The first kappa shape index (κ1) is 16.8. The third-order valence-electron chi connectivity index (χ3n) is 3.89. The van der Waals surface area contributed by atoms with Gasteiger partial charge in [0.05, 0.1) is 32.8 Å². The Balaban J connectivity index is 1.86. The van der Waals surface area contributed by atoms with E-state index in [0.29, 0.717) is 13.0 Å². The van der Waals surface area contributed by atoms with Crippen molar-refractivity contribution in [1.82, 2.24) is 9.55 Å². The lowest BCUT2D eigenvalue weighted by molar-refractivity contribution is 0.414. The van der Waals surface area contributed by atoms with Crippen molar-refractivity contribution in [2.75, 3.05) is 14.2 Å². The maximum atomic E-state index is 5.21. The van der Waals surface area contributed by atoms with Gasteiger partial charge < -0.3 is 14.0 Å². The van der Waals surface area contributed by atoms with Gasteiger partial charge in [-0.2, -0.15) is 0 Å². The molecular weight excluding hydrogens is 314 g/mol. The van der Waals surface area contributed by atoms with Gasteiger partial charge in [0, 0.05) is 6.42 Å². The van der Waals surface area contributed by atoms with Gasteiger partial charge in [-0.05, 0) is 23.3 Å². The second kappa shape index (κ2) is 8.15. The van der Waals surface area contributed by atoms with Crippen LogP contribution in [0.1, 0.15) is 16.8 Å². The summed E-state index contributed by atoms with van der Waals surface area (Å²) in [5.74, 6) is 1.65.